The topological polar surface area (TPSA) is 86.8 Å². The van der Waals surface area contributed by atoms with Crippen LogP contribution in [0.4, 0.5) is 13.2 Å². The van der Waals surface area contributed by atoms with Crippen LogP contribution in [0.1, 0.15) is 10.4 Å². The number of piperazine rings is 1. The first-order valence-electron chi connectivity index (χ1n) is 8.95. The maximum atomic E-state index is 13.9. The Bertz CT molecular complexity index is 1070. The maximum Gasteiger partial charge on any atom is 0.251 e. The first kappa shape index (κ1) is 21.8. The van der Waals surface area contributed by atoms with E-state index < -0.39 is 44.2 Å². The van der Waals surface area contributed by atoms with Crippen molar-refractivity contribution < 1.29 is 31.2 Å². The number of rotatable bonds is 5. The highest BCUT2D eigenvalue weighted by molar-refractivity contribution is 7.89. The number of sulfonamides is 1. The van der Waals surface area contributed by atoms with Gasteiger partial charge in [0, 0.05) is 31.7 Å². The van der Waals surface area contributed by atoms with Crippen LogP contribution in [0.15, 0.2) is 47.4 Å². The predicted molar refractivity (Wildman–Crippen MR) is 100 cm³/mol. The molecule has 2 aromatic rings. The van der Waals surface area contributed by atoms with Gasteiger partial charge in [0.15, 0.2) is 0 Å². The summed E-state index contributed by atoms with van der Waals surface area (Å²) in [5.41, 5.74) is 0.0656. The van der Waals surface area contributed by atoms with Crippen molar-refractivity contribution in [2.24, 2.45) is 0 Å². The molecule has 1 saturated heterocycles. The van der Waals surface area contributed by atoms with Gasteiger partial charge in [-0.15, -0.1) is 0 Å². The third kappa shape index (κ3) is 4.79. The molecule has 1 N–H and O–H groups in total. The molecule has 2 aromatic carbocycles. The average molecular weight is 441 g/mol. The van der Waals surface area contributed by atoms with E-state index >= 15 is 0 Å². The fourth-order valence-electron chi connectivity index (χ4n) is 2.99. The molecular formula is C19H18F3N3O4S. The first-order valence-corrected chi connectivity index (χ1v) is 10.4. The lowest BCUT2D eigenvalue weighted by molar-refractivity contribution is -0.131. The number of nitrogens with zero attached hydrogens (tertiary/aromatic N) is 2. The molecule has 11 heteroatoms. The molecule has 0 radical (unpaired) electrons. The van der Waals surface area contributed by atoms with Gasteiger partial charge in [0.2, 0.25) is 15.9 Å². The molecular weight excluding hydrogens is 423 g/mol. The van der Waals surface area contributed by atoms with Crippen molar-refractivity contribution in [1.29, 1.82) is 0 Å². The molecule has 0 aliphatic carbocycles. The lowest BCUT2D eigenvalue weighted by Gasteiger charge is -2.34. The van der Waals surface area contributed by atoms with E-state index in [0.29, 0.717) is 6.07 Å². The van der Waals surface area contributed by atoms with Gasteiger partial charge >= 0.3 is 0 Å². The van der Waals surface area contributed by atoms with Crippen molar-refractivity contribution in [3.05, 3.63) is 65.5 Å². The number of hydrogen-bond acceptors (Lipinski definition) is 4. The van der Waals surface area contributed by atoms with Crippen LogP contribution < -0.4 is 5.32 Å². The zero-order chi connectivity index (χ0) is 21.9. The normalized spacial score (nSPS) is 15.1. The summed E-state index contributed by atoms with van der Waals surface area (Å²) in [5.74, 6) is -3.59. The van der Waals surface area contributed by atoms with Crippen molar-refractivity contribution in [1.82, 2.24) is 14.5 Å². The Hall–Kier alpha value is -2.92. The van der Waals surface area contributed by atoms with Crippen LogP contribution in [0.3, 0.4) is 0 Å². The predicted octanol–water partition coefficient (Wildman–Crippen LogP) is 1.37. The number of carbonyl (C=O) groups excluding carboxylic acids is 2. The second kappa shape index (κ2) is 8.84. The molecule has 160 valence electrons. The summed E-state index contributed by atoms with van der Waals surface area (Å²) in [6.07, 6.45) is 0. The SMILES string of the molecule is O=C(NCC(=O)N1CCN(S(=O)(=O)c2cc(F)ccc2F)CC1)c1cccc(F)c1. The van der Waals surface area contributed by atoms with Crippen molar-refractivity contribution in [2.75, 3.05) is 32.7 Å². The van der Waals surface area contributed by atoms with Gasteiger partial charge in [-0.2, -0.15) is 4.31 Å². The zero-order valence-corrected chi connectivity index (χ0v) is 16.5. The molecule has 1 fully saturated rings. The molecule has 0 bridgehead atoms. The quantitative estimate of drug-likeness (QED) is 0.760. The van der Waals surface area contributed by atoms with Gasteiger partial charge in [0.05, 0.1) is 6.54 Å². The van der Waals surface area contributed by atoms with E-state index in [-0.39, 0.29) is 38.3 Å². The Morgan fingerprint density at radius 1 is 0.933 bits per heavy atom. The highest BCUT2D eigenvalue weighted by Gasteiger charge is 2.32. The Balaban J connectivity index is 1.56. The minimum atomic E-state index is -4.26. The Labute approximate surface area is 171 Å². The Morgan fingerprint density at radius 3 is 2.27 bits per heavy atom. The van der Waals surface area contributed by atoms with Gasteiger partial charge in [-0.1, -0.05) is 6.07 Å². The van der Waals surface area contributed by atoms with Crippen LogP contribution in [0.2, 0.25) is 0 Å². The minimum absolute atomic E-state index is 0.0187. The number of benzene rings is 2. The van der Waals surface area contributed by atoms with Crippen LogP contribution in [0, 0.1) is 17.5 Å². The van der Waals surface area contributed by atoms with Gasteiger partial charge in [0.1, 0.15) is 22.3 Å². The highest BCUT2D eigenvalue weighted by Crippen LogP contribution is 2.21. The van der Waals surface area contributed by atoms with Gasteiger partial charge in [-0.3, -0.25) is 9.59 Å². The maximum absolute atomic E-state index is 13.9. The molecule has 0 spiro atoms. The summed E-state index contributed by atoms with van der Waals surface area (Å²) in [6, 6.07) is 7.17. The fraction of sp³-hybridized carbons (Fsp3) is 0.263. The van der Waals surface area contributed by atoms with Gasteiger partial charge in [0.25, 0.3) is 5.91 Å². The summed E-state index contributed by atoms with van der Waals surface area (Å²) in [4.78, 5) is 24.9. The Morgan fingerprint density at radius 2 is 1.60 bits per heavy atom. The van der Waals surface area contributed by atoms with E-state index in [1.165, 1.54) is 23.1 Å². The molecule has 0 aromatic heterocycles. The summed E-state index contributed by atoms with van der Waals surface area (Å²) < 4.78 is 66.5. The number of halogens is 3. The molecule has 30 heavy (non-hydrogen) atoms. The molecule has 0 atom stereocenters. The van der Waals surface area contributed by atoms with Gasteiger partial charge in [-0.25, -0.2) is 21.6 Å². The van der Waals surface area contributed by atoms with Crippen LogP contribution in [-0.4, -0.2) is 62.2 Å². The van der Waals surface area contributed by atoms with Crippen LogP contribution >= 0.6 is 0 Å². The summed E-state index contributed by atoms with van der Waals surface area (Å²) in [7, 11) is -4.26. The van der Waals surface area contributed by atoms with E-state index in [4.69, 9.17) is 0 Å². The molecule has 0 saturated carbocycles. The fourth-order valence-corrected chi connectivity index (χ4v) is 4.49. The van der Waals surface area contributed by atoms with Crippen molar-refractivity contribution >= 4 is 21.8 Å². The van der Waals surface area contributed by atoms with E-state index in [0.717, 1.165) is 22.5 Å². The molecule has 2 amide bonds. The summed E-state index contributed by atoms with van der Waals surface area (Å²) in [5, 5.41) is 2.38. The molecule has 1 aliphatic rings. The minimum Gasteiger partial charge on any atom is -0.343 e. The highest BCUT2D eigenvalue weighted by atomic mass is 32.2. The number of nitrogens with one attached hydrogen (secondary N) is 1. The van der Waals surface area contributed by atoms with Crippen molar-refractivity contribution in [3.63, 3.8) is 0 Å². The van der Waals surface area contributed by atoms with E-state index in [9.17, 15) is 31.2 Å². The van der Waals surface area contributed by atoms with E-state index in [1.54, 1.807) is 0 Å². The summed E-state index contributed by atoms with van der Waals surface area (Å²) in [6.45, 7) is -0.528. The molecule has 1 heterocycles. The Kier molecular flexibility index (Phi) is 6.42. The van der Waals surface area contributed by atoms with E-state index in [2.05, 4.69) is 5.32 Å². The summed E-state index contributed by atoms with van der Waals surface area (Å²) >= 11 is 0. The molecule has 7 nitrogen and oxygen atoms in total. The molecule has 0 unspecified atom stereocenters. The lowest BCUT2D eigenvalue weighted by Crippen LogP contribution is -2.52. The molecule has 1 aliphatic heterocycles. The second-order valence-corrected chi connectivity index (χ2v) is 8.46. The lowest BCUT2D eigenvalue weighted by atomic mass is 10.2. The van der Waals surface area contributed by atoms with Crippen LogP contribution in [0.5, 0.6) is 0 Å². The van der Waals surface area contributed by atoms with Crippen LogP contribution in [-0.2, 0) is 14.8 Å². The molecule has 3 rings (SSSR count). The monoisotopic (exact) mass is 441 g/mol. The smallest absolute Gasteiger partial charge is 0.251 e. The van der Waals surface area contributed by atoms with E-state index in [1.807, 2.05) is 0 Å². The van der Waals surface area contributed by atoms with Gasteiger partial charge in [-0.05, 0) is 36.4 Å². The second-order valence-electron chi connectivity index (χ2n) is 6.55. The number of hydrogen-bond donors (Lipinski definition) is 1. The van der Waals surface area contributed by atoms with Crippen LogP contribution in [0.25, 0.3) is 0 Å². The van der Waals surface area contributed by atoms with Crippen molar-refractivity contribution in [3.8, 4) is 0 Å². The average Bonchev–Trinajstić information content (AvgIpc) is 2.73. The zero-order valence-electron chi connectivity index (χ0n) is 15.6. The number of carbonyl (C=O) groups is 2. The third-order valence-corrected chi connectivity index (χ3v) is 6.50. The first-order chi connectivity index (χ1) is 14.2. The van der Waals surface area contributed by atoms with Crippen molar-refractivity contribution in [2.45, 2.75) is 4.90 Å². The standard InChI is InChI=1S/C19H18F3N3O4S/c20-14-3-1-2-13(10-14)19(27)23-12-18(26)24-6-8-25(9-7-24)30(28,29)17-11-15(21)4-5-16(17)22/h1-5,10-11H,6-9,12H2,(H,23,27). The largest absolute Gasteiger partial charge is 0.343 e. The van der Waals surface area contributed by atoms with Gasteiger partial charge < -0.3 is 10.2 Å². The number of amides is 2. The third-order valence-electron chi connectivity index (χ3n) is 4.59.